The molecular weight excluding hydrogens is 316 g/mol. The molecule has 112 valence electrons. The van der Waals surface area contributed by atoms with Crippen molar-refractivity contribution in [2.45, 2.75) is 17.7 Å². The molecule has 10 heteroatoms. The Morgan fingerprint density at radius 3 is 2.86 bits per heavy atom. The molecule has 0 spiro atoms. The van der Waals surface area contributed by atoms with Crippen LogP contribution in [0.4, 0.5) is 0 Å². The Morgan fingerprint density at radius 2 is 2.19 bits per heavy atom. The molecule has 0 unspecified atom stereocenters. The Hall–Kier alpha value is -1.91. The van der Waals surface area contributed by atoms with Gasteiger partial charge in [-0.2, -0.15) is 0 Å². The molecule has 0 bridgehead atoms. The van der Waals surface area contributed by atoms with Crippen molar-refractivity contribution < 1.29 is 17.9 Å². The van der Waals surface area contributed by atoms with E-state index in [1.165, 1.54) is 5.51 Å². The Morgan fingerprint density at radius 1 is 1.43 bits per heavy atom. The fraction of sp³-hybridized carbons (Fsp3) is 0.273. The van der Waals surface area contributed by atoms with Gasteiger partial charge in [-0.25, -0.2) is 32.9 Å². The van der Waals surface area contributed by atoms with Gasteiger partial charge in [-0.3, -0.25) is 0 Å². The van der Waals surface area contributed by atoms with Crippen LogP contribution in [0.25, 0.3) is 0 Å². The van der Waals surface area contributed by atoms with Gasteiger partial charge in [0, 0.05) is 6.20 Å². The number of aryl methyl sites for hydroxylation is 1. The lowest BCUT2D eigenvalue weighted by atomic mass is 10.4. The number of aromatic nitrogens is 3. The molecule has 21 heavy (non-hydrogen) atoms. The van der Waals surface area contributed by atoms with Crippen molar-refractivity contribution in [2.24, 2.45) is 0 Å². The SMILES string of the molecule is COC(=O)c1ncsc1S(=O)(=O)NCc1ccnc(C)n1. The van der Waals surface area contributed by atoms with Crippen LogP contribution in [0.15, 0.2) is 22.0 Å². The molecule has 0 aliphatic carbocycles. The van der Waals surface area contributed by atoms with E-state index in [4.69, 9.17) is 0 Å². The minimum atomic E-state index is -3.87. The van der Waals surface area contributed by atoms with E-state index in [-0.39, 0.29) is 16.4 Å². The fourth-order valence-corrected chi connectivity index (χ4v) is 3.67. The van der Waals surface area contributed by atoms with Crippen molar-refractivity contribution in [2.75, 3.05) is 7.11 Å². The number of esters is 1. The van der Waals surface area contributed by atoms with Gasteiger partial charge < -0.3 is 4.74 Å². The first-order valence-electron chi connectivity index (χ1n) is 5.74. The maximum absolute atomic E-state index is 12.2. The van der Waals surface area contributed by atoms with Crippen molar-refractivity contribution >= 4 is 27.3 Å². The molecule has 0 aliphatic rings. The van der Waals surface area contributed by atoms with Gasteiger partial charge in [-0.15, -0.1) is 11.3 Å². The van der Waals surface area contributed by atoms with Gasteiger partial charge in [-0.05, 0) is 13.0 Å². The number of thiazole rings is 1. The molecule has 0 amide bonds. The summed E-state index contributed by atoms with van der Waals surface area (Å²) in [5, 5.41) is 0. The molecule has 0 aliphatic heterocycles. The average molecular weight is 328 g/mol. The topological polar surface area (TPSA) is 111 Å². The standard InChI is InChI=1S/C11H12N4O4S2/c1-7-12-4-3-8(15-7)5-14-21(17,18)11-9(10(16)19-2)13-6-20-11/h3-4,6,14H,5H2,1-2H3. The second-order valence-corrected chi connectivity index (χ2v) is 6.72. The molecule has 8 nitrogen and oxygen atoms in total. The average Bonchev–Trinajstić information content (AvgIpc) is 2.95. The monoisotopic (exact) mass is 328 g/mol. The first-order valence-corrected chi connectivity index (χ1v) is 8.10. The molecule has 0 radical (unpaired) electrons. The van der Waals surface area contributed by atoms with E-state index in [9.17, 15) is 13.2 Å². The van der Waals surface area contributed by atoms with Crippen molar-refractivity contribution in [1.29, 1.82) is 0 Å². The number of carbonyl (C=O) groups excluding carboxylic acids is 1. The highest BCUT2D eigenvalue weighted by Gasteiger charge is 2.26. The highest BCUT2D eigenvalue weighted by atomic mass is 32.2. The highest BCUT2D eigenvalue weighted by molar-refractivity contribution is 7.91. The lowest BCUT2D eigenvalue weighted by Gasteiger charge is -2.06. The zero-order valence-electron chi connectivity index (χ0n) is 11.2. The second-order valence-electron chi connectivity index (χ2n) is 3.90. The summed E-state index contributed by atoms with van der Waals surface area (Å²) in [5.41, 5.74) is 1.57. The van der Waals surface area contributed by atoms with Gasteiger partial charge in [0.05, 0.1) is 24.9 Å². The molecule has 0 saturated carbocycles. The first kappa shape index (κ1) is 15.5. The van der Waals surface area contributed by atoms with E-state index in [0.29, 0.717) is 11.5 Å². The number of sulfonamides is 1. The summed E-state index contributed by atoms with van der Waals surface area (Å²) in [6.45, 7) is 1.70. The Labute approximate surface area is 125 Å². The molecule has 2 heterocycles. The van der Waals surface area contributed by atoms with Crippen LogP contribution in [-0.2, 0) is 21.3 Å². The van der Waals surface area contributed by atoms with Crippen LogP contribution in [0, 0.1) is 6.92 Å². The van der Waals surface area contributed by atoms with Crippen LogP contribution in [-0.4, -0.2) is 36.4 Å². The van der Waals surface area contributed by atoms with Crippen LogP contribution in [0.5, 0.6) is 0 Å². The lowest BCUT2D eigenvalue weighted by Crippen LogP contribution is -2.25. The van der Waals surface area contributed by atoms with Crippen molar-refractivity contribution in [3.8, 4) is 0 Å². The predicted molar refractivity (Wildman–Crippen MR) is 74.2 cm³/mol. The second kappa shape index (κ2) is 6.24. The summed E-state index contributed by atoms with van der Waals surface area (Å²) in [6.07, 6.45) is 1.54. The molecule has 0 saturated heterocycles. The minimum Gasteiger partial charge on any atom is -0.464 e. The molecule has 2 aromatic heterocycles. The highest BCUT2D eigenvalue weighted by Crippen LogP contribution is 2.20. The van der Waals surface area contributed by atoms with Gasteiger partial charge in [-0.1, -0.05) is 0 Å². The van der Waals surface area contributed by atoms with E-state index in [0.717, 1.165) is 18.4 Å². The van der Waals surface area contributed by atoms with E-state index in [1.807, 2.05) is 0 Å². The van der Waals surface area contributed by atoms with E-state index < -0.39 is 16.0 Å². The summed E-state index contributed by atoms with van der Waals surface area (Å²) in [4.78, 5) is 23.2. The quantitative estimate of drug-likeness (QED) is 0.796. The Balaban J connectivity index is 2.19. The molecule has 0 fully saturated rings. The number of carbonyl (C=O) groups is 1. The maximum Gasteiger partial charge on any atom is 0.358 e. The maximum atomic E-state index is 12.2. The third-order valence-electron chi connectivity index (χ3n) is 2.43. The first-order chi connectivity index (χ1) is 9.94. The summed E-state index contributed by atoms with van der Waals surface area (Å²) in [5.74, 6) is -0.255. The van der Waals surface area contributed by atoms with Crippen LogP contribution >= 0.6 is 11.3 Å². The number of methoxy groups -OCH3 is 1. The lowest BCUT2D eigenvalue weighted by molar-refractivity contribution is 0.0590. The summed E-state index contributed by atoms with van der Waals surface area (Å²) in [6, 6.07) is 1.60. The largest absolute Gasteiger partial charge is 0.464 e. The minimum absolute atomic E-state index is 0.00972. The normalized spacial score (nSPS) is 11.3. The zero-order valence-corrected chi connectivity index (χ0v) is 12.9. The Bertz CT molecular complexity index is 757. The van der Waals surface area contributed by atoms with Crippen molar-refractivity contribution in [1.82, 2.24) is 19.7 Å². The number of nitrogens with one attached hydrogen (secondary N) is 1. The number of ether oxygens (including phenoxy) is 1. The molecule has 0 aromatic carbocycles. The molecule has 0 atom stereocenters. The summed E-state index contributed by atoms with van der Waals surface area (Å²) >= 11 is 0.843. The van der Waals surface area contributed by atoms with E-state index in [1.54, 1.807) is 19.2 Å². The molecular formula is C11H12N4O4S2. The number of hydrogen-bond donors (Lipinski definition) is 1. The Kier molecular flexibility index (Phi) is 4.60. The van der Waals surface area contributed by atoms with Crippen LogP contribution in [0.1, 0.15) is 22.0 Å². The van der Waals surface area contributed by atoms with Gasteiger partial charge in [0.1, 0.15) is 5.82 Å². The molecule has 2 aromatic rings. The van der Waals surface area contributed by atoms with Crippen LogP contribution in [0.3, 0.4) is 0 Å². The van der Waals surface area contributed by atoms with Crippen LogP contribution in [0.2, 0.25) is 0 Å². The van der Waals surface area contributed by atoms with Crippen molar-refractivity contribution in [3.63, 3.8) is 0 Å². The zero-order chi connectivity index (χ0) is 15.5. The predicted octanol–water partition coefficient (Wildman–Crippen LogP) is 0.507. The van der Waals surface area contributed by atoms with Gasteiger partial charge >= 0.3 is 5.97 Å². The van der Waals surface area contributed by atoms with Crippen molar-refractivity contribution in [3.05, 3.63) is 35.0 Å². The summed E-state index contributed by atoms with van der Waals surface area (Å²) < 4.78 is 31.1. The number of nitrogens with zero attached hydrogens (tertiary/aromatic N) is 3. The van der Waals surface area contributed by atoms with Crippen LogP contribution < -0.4 is 4.72 Å². The molecule has 2 rings (SSSR count). The third-order valence-corrected chi connectivity index (χ3v) is 5.21. The van der Waals surface area contributed by atoms with E-state index >= 15 is 0 Å². The number of rotatable bonds is 5. The van der Waals surface area contributed by atoms with Gasteiger partial charge in [0.25, 0.3) is 10.0 Å². The van der Waals surface area contributed by atoms with E-state index in [2.05, 4.69) is 24.4 Å². The third kappa shape index (κ3) is 3.60. The van der Waals surface area contributed by atoms with Gasteiger partial charge in [0.2, 0.25) is 0 Å². The van der Waals surface area contributed by atoms with Gasteiger partial charge in [0.15, 0.2) is 9.90 Å². The summed E-state index contributed by atoms with van der Waals surface area (Å²) in [7, 11) is -2.71. The molecule has 1 N–H and O–H groups in total. The smallest absolute Gasteiger partial charge is 0.358 e. The number of hydrogen-bond acceptors (Lipinski definition) is 8. The fourth-order valence-electron chi connectivity index (χ4n) is 1.50.